The van der Waals surface area contributed by atoms with E-state index >= 15 is 0 Å². The van der Waals surface area contributed by atoms with Gasteiger partial charge < -0.3 is 16.0 Å². The number of carbonyl (C=O) groups excluding carboxylic acids is 2. The number of halogens is 1. The Balaban J connectivity index is 1.52. The van der Waals surface area contributed by atoms with Gasteiger partial charge in [0.2, 0.25) is 5.91 Å². The number of hydrogen-bond acceptors (Lipinski definition) is 5. The molecule has 0 atom stereocenters. The number of hydrogen-bond donors (Lipinski definition) is 3. The number of benzene rings is 1. The van der Waals surface area contributed by atoms with Crippen LogP contribution in [-0.2, 0) is 4.79 Å². The molecule has 1 aromatic carbocycles. The number of thioether (sulfide) groups is 1. The zero-order valence-corrected chi connectivity index (χ0v) is 15.9. The molecule has 0 saturated carbocycles. The van der Waals surface area contributed by atoms with E-state index in [-0.39, 0.29) is 5.91 Å². The number of rotatable bonds is 7. The number of carbonyl (C=O) groups is 2. The normalized spacial score (nSPS) is 10.7. The van der Waals surface area contributed by atoms with Crippen LogP contribution in [0.1, 0.15) is 16.9 Å². The summed E-state index contributed by atoms with van der Waals surface area (Å²) in [6, 6.07) is 9.16. The van der Waals surface area contributed by atoms with Gasteiger partial charge in [0.25, 0.3) is 5.91 Å². The number of thiazole rings is 1. The van der Waals surface area contributed by atoms with Crippen LogP contribution in [0.5, 0.6) is 0 Å². The highest BCUT2D eigenvalue weighted by Gasteiger charge is 2.11. The van der Waals surface area contributed by atoms with E-state index < -0.39 is 5.91 Å². The van der Waals surface area contributed by atoms with Crippen molar-refractivity contribution in [1.82, 2.24) is 9.97 Å². The van der Waals surface area contributed by atoms with Gasteiger partial charge in [0.15, 0.2) is 5.13 Å². The lowest BCUT2D eigenvalue weighted by atomic mass is 10.2. The van der Waals surface area contributed by atoms with Crippen LogP contribution in [0.3, 0.4) is 0 Å². The Labute approximate surface area is 163 Å². The molecule has 0 radical (unpaired) electrons. The number of primary amides is 1. The van der Waals surface area contributed by atoms with Crippen LogP contribution in [-0.4, -0.2) is 27.5 Å². The SMILES string of the molecule is NC(=O)c1cc(-c2csc(NC(=O)CCSc3ccccc3Cl)n2)c[nH]1. The van der Waals surface area contributed by atoms with Crippen LogP contribution >= 0.6 is 34.7 Å². The molecule has 9 heteroatoms. The monoisotopic (exact) mass is 406 g/mol. The smallest absolute Gasteiger partial charge is 0.265 e. The Morgan fingerprint density at radius 1 is 1.35 bits per heavy atom. The summed E-state index contributed by atoms with van der Waals surface area (Å²) in [5.74, 6) is -0.0264. The molecule has 6 nitrogen and oxygen atoms in total. The Bertz CT molecular complexity index is 938. The number of anilines is 1. The van der Waals surface area contributed by atoms with Gasteiger partial charge in [-0.1, -0.05) is 23.7 Å². The molecule has 0 bridgehead atoms. The highest BCUT2D eigenvalue weighted by atomic mass is 35.5. The van der Waals surface area contributed by atoms with Gasteiger partial charge >= 0.3 is 0 Å². The van der Waals surface area contributed by atoms with Crippen molar-refractivity contribution in [2.45, 2.75) is 11.3 Å². The summed E-state index contributed by atoms with van der Waals surface area (Å²) >= 11 is 8.95. The predicted octanol–water partition coefficient (Wildman–Crippen LogP) is 4.01. The van der Waals surface area contributed by atoms with E-state index in [1.54, 1.807) is 12.3 Å². The molecular weight excluding hydrogens is 392 g/mol. The number of H-pyrrole nitrogens is 1. The Kier molecular flexibility index (Phi) is 5.97. The molecule has 0 spiro atoms. The molecular formula is C17H15ClN4O2S2. The molecule has 3 aromatic rings. The zero-order chi connectivity index (χ0) is 18.5. The van der Waals surface area contributed by atoms with E-state index in [0.717, 1.165) is 10.5 Å². The Morgan fingerprint density at radius 3 is 2.88 bits per heavy atom. The number of nitrogens with zero attached hydrogens (tertiary/aromatic N) is 1. The van der Waals surface area contributed by atoms with Crippen molar-refractivity contribution in [2.75, 3.05) is 11.1 Å². The number of aromatic amines is 1. The van der Waals surface area contributed by atoms with Crippen molar-refractivity contribution in [3.05, 3.63) is 52.6 Å². The zero-order valence-electron chi connectivity index (χ0n) is 13.5. The number of aromatic nitrogens is 2. The van der Waals surface area contributed by atoms with Crippen molar-refractivity contribution in [2.24, 2.45) is 5.73 Å². The third kappa shape index (κ3) is 4.66. The molecule has 134 valence electrons. The molecule has 0 aliphatic heterocycles. The van der Waals surface area contributed by atoms with Gasteiger partial charge in [-0.2, -0.15) is 0 Å². The molecule has 0 saturated heterocycles. The summed E-state index contributed by atoms with van der Waals surface area (Å²) < 4.78 is 0. The molecule has 2 amide bonds. The van der Waals surface area contributed by atoms with E-state index in [0.29, 0.717) is 33.7 Å². The van der Waals surface area contributed by atoms with Gasteiger partial charge in [-0.25, -0.2) is 4.98 Å². The van der Waals surface area contributed by atoms with Gasteiger partial charge in [-0.05, 0) is 18.2 Å². The second kappa shape index (κ2) is 8.39. The highest BCUT2D eigenvalue weighted by molar-refractivity contribution is 7.99. The molecule has 4 N–H and O–H groups in total. The maximum atomic E-state index is 12.1. The first-order valence-corrected chi connectivity index (χ1v) is 9.88. The first-order valence-electron chi connectivity index (χ1n) is 7.64. The topological polar surface area (TPSA) is 101 Å². The van der Waals surface area contributed by atoms with E-state index in [1.807, 2.05) is 29.6 Å². The van der Waals surface area contributed by atoms with Crippen LogP contribution in [0.25, 0.3) is 11.3 Å². The summed E-state index contributed by atoms with van der Waals surface area (Å²) in [6.07, 6.45) is 2.00. The summed E-state index contributed by atoms with van der Waals surface area (Å²) in [5.41, 5.74) is 6.94. The first-order chi connectivity index (χ1) is 12.5. The van der Waals surface area contributed by atoms with E-state index in [4.69, 9.17) is 17.3 Å². The molecule has 3 rings (SSSR count). The molecule has 0 aliphatic rings. The highest BCUT2D eigenvalue weighted by Crippen LogP contribution is 2.28. The average molecular weight is 407 g/mol. The molecule has 2 aromatic heterocycles. The number of amides is 2. The third-order valence-electron chi connectivity index (χ3n) is 3.42. The minimum Gasteiger partial charge on any atom is -0.364 e. The van der Waals surface area contributed by atoms with Crippen molar-refractivity contribution in [3.8, 4) is 11.3 Å². The van der Waals surface area contributed by atoms with E-state index in [9.17, 15) is 9.59 Å². The van der Waals surface area contributed by atoms with Crippen LogP contribution < -0.4 is 11.1 Å². The molecule has 26 heavy (non-hydrogen) atoms. The lowest BCUT2D eigenvalue weighted by Crippen LogP contribution is -2.11. The molecule has 0 fully saturated rings. The predicted molar refractivity (Wildman–Crippen MR) is 106 cm³/mol. The summed E-state index contributed by atoms with van der Waals surface area (Å²) in [4.78, 5) is 31.3. The molecule has 0 aliphatic carbocycles. The fourth-order valence-corrected chi connectivity index (χ4v) is 4.07. The van der Waals surface area contributed by atoms with E-state index in [1.165, 1.54) is 23.1 Å². The summed E-state index contributed by atoms with van der Waals surface area (Å²) in [6.45, 7) is 0. The summed E-state index contributed by atoms with van der Waals surface area (Å²) in [7, 11) is 0. The third-order valence-corrected chi connectivity index (χ3v) is 5.69. The molecule has 2 heterocycles. The lowest BCUT2D eigenvalue weighted by molar-refractivity contribution is -0.115. The Hall–Kier alpha value is -2.29. The number of nitrogens with one attached hydrogen (secondary N) is 2. The van der Waals surface area contributed by atoms with Gasteiger partial charge in [0.1, 0.15) is 5.69 Å². The van der Waals surface area contributed by atoms with Gasteiger partial charge in [0.05, 0.1) is 10.7 Å². The number of nitrogens with two attached hydrogens (primary N) is 1. The Morgan fingerprint density at radius 2 is 2.15 bits per heavy atom. The van der Waals surface area contributed by atoms with Crippen LogP contribution in [0, 0.1) is 0 Å². The fraction of sp³-hybridized carbons (Fsp3) is 0.118. The average Bonchev–Trinajstić information content (AvgIpc) is 3.25. The maximum Gasteiger partial charge on any atom is 0.265 e. The minimum atomic E-state index is -0.531. The molecule has 0 unspecified atom stereocenters. The van der Waals surface area contributed by atoms with Gasteiger partial charge in [0, 0.05) is 34.2 Å². The van der Waals surface area contributed by atoms with Gasteiger partial charge in [-0.3, -0.25) is 9.59 Å². The maximum absolute atomic E-state index is 12.1. The van der Waals surface area contributed by atoms with Crippen LogP contribution in [0.2, 0.25) is 5.02 Å². The van der Waals surface area contributed by atoms with Crippen molar-refractivity contribution >= 4 is 51.6 Å². The van der Waals surface area contributed by atoms with Crippen LogP contribution in [0.15, 0.2) is 46.8 Å². The van der Waals surface area contributed by atoms with Crippen molar-refractivity contribution in [1.29, 1.82) is 0 Å². The van der Waals surface area contributed by atoms with Crippen LogP contribution in [0.4, 0.5) is 5.13 Å². The van der Waals surface area contributed by atoms with Crippen molar-refractivity contribution < 1.29 is 9.59 Å². The second-order valence-corrected chi connectivity index (χ2v) is 7.68. The first kappa shape index (κ1) is 18.5. The largest absolute Gasteiger partial charge is 0.364 e. The standard InChI is InChI=1S/C17H15ClN4O2S2/c18-11-3-1-2-4-14(11)25-6-5-15(23)22-17-21-13(9-26-17)10-7-12(16(19)24)20-8-10/h1-4,7-9,20H,5-6H2,(H2,19,24)(H,21,22,23). The quantitative estimate of drug-likeness (QED) is 0.516. The second-order valence-electron chi connectivity index (χ2n) is 5.28. The fourth-order valence-electron chi connectivity index (χ4n) is 2.15. The van der Waals surface area contributed by atoms with Gasteiger partial charge in [-0.15, -0.1) is 23.1 Å². The van der Waals surface area contributed by atoms with E-state index in [2.05, 4.69) is 15.3 Å². The lowest BCUT2D eigenvalue weighted by Gasteiger charge is -2.04. The summed E-state index contributed by atoms with van der Waals surface area (Å²) in [5, 5.41) is 5.78. The van der Waals surface area contributed by atoms with Crippen molar-refractivity contribution in [3.63, 3.8) is 0 Å². The minimum absolute atomic E-state index is 0.114.